The molecule has 0 saturated heterocycles. The third kappa shape index (κ3) is 2.85. The number of benzene rings is 1. The van der Waals surface area contributed by atoms with Crippen LogP contribution >= 0.6 is 15.9 Å². The van der Waals surface area contributed by atoms with Crippen LogP contribution in [-0.2, 0) is 10.0 Å². The summed E-state index contributed by atoms with van der Waals surface area (Å²) in [6.07, 6.45) is 2.77. The summed E-state index contributed by atoms with van der Waals surface area (Å²) in [5.74, 6) is 0.182. The molecule has 94 valence electrons. The highest BCUT2D eigenvalue weighted by atomic mass is 79.9. The Bertz CT molecular complexity index is 656. The Morgan fingerprint density at radius 3 is 2.50 bits per heavy atom. The van der Waals surface area contributed by atoms with Crippen molar-refractivity contribution in [3.63, 3.8) is 0 Å². The van der Waals surface area contributed by atoms with Gasteiger partial charge in [-0.2, -0.15) is 0 Å². The molecule has 0 bridgehead atoms. The van der Waals surface area contributed by atoms with E-state index in [0.717, 1.165) is 0 Å². The van der Waals surface area contributed by atoms with E-state index in [-0.39, 0.29) is 10.7 Å². The van der Waals surface area contributed by atoms with E-state index < -0.39 is 10.0 Å². The van der Waals surface area contributed by atoms with Gasteiger partial charge in [0.25, 0.3) is 10.0 Å². The number of nitrogens with one attached hydrogen (secondary N) is 1. The van der Waals surface area contributed by atoms with Gasteiger partial charge in [0.2, 0.25) is 0 Å². The van der Waals surface area contributed by atoms with E-state index in [2.05, 4.69) is 30.6 Å². The number of hydrogen-bond acceptors (Lipinski definition) is 4. The van der Waals surface area contributed by atoms with Gasteiger partial charge in [-0.15, -0.1) is 0 Å². The Labute approximate surface area is 113 Å². The van der Waals surface area contributed by atoms with Crippen molar-refractivity contribution in [3.05, 3.63) is 46.8 Å². The normalized spacial score (nSPS) is 11.2. The van der Waals surface area contributed by atoms with E-state index in [1.54, 1.807) is 31.2 Å². The molecule has 0 radical (unpaired) electrons. The predicted molar refractivity (Wildman–Crippen MR) is 71.7 cm³/mol. The van der Waals surface area contributed by atoms with E-state index in [9.17, 15) is 8.42 Å². The van der Waals surface area contributed by atoms with E-state index in [1.807, 2.05) is 0 Å². The molecule has 0 aliphatic carbocycles. The van der Waals surface area contributed by atoms with E-state index in [0.29, 0.717) is 10.2 Å². The summed E-state index contributed by atoms with van der Waals surface area (Å²) in [4.78, 5) is 8.06. The van der Waals surface area contributed by atoms with Crippen molar-refractivity contribution < 1.29 is 8.42 Å². The number of hydrogen-bond donors (Lipinski definition) is 1. The minimum Gasteiger partial charge on any atom is -0.262 e. The number of aryl methyl sites for hydroxylation is 1. The van der Waals surface area contributed by atoms with Gasteiger partial charge in [-0.3, -0.25) is 4.72 Å². The molecule has 0 fully saturated rings. The largest absolute Gasteiger partial charge is 0.263 e. The van der Waals surface area contributed by atoms with Crippen molar-refractivity contribution in [1.82, 2.24) is 9.97 Å². The third-order valence-electron chi connectivity index (χ3n) is 2.24. The molecule has 0 atom stereocenters. The number of halogens is 1. The van der Waals surface area contributed by atoms with Crippen LogP contribution in [0.1, 0.15) is 5.56 Å². The summed E-state index contributed by atoms with van der Waals surface area (Å²) in [5.41, 5.74) is 0.676. The van der Waals surface area contributed by atoms with E-state index >= 15 is 0 Å². The first-order valence-corrected chi connectivity index (χ1v) is 7.33. The van der Waals surface area contributed by atoms with Crippen molar-refractivity contribution in [3.8, 4) is 0 Å². The van der Waals surface area contributed by atoms with Crippen molar-refractivity contribution in [2.75, 3.05) is 4.72 Å². The number of rotatable bonds is 3. The maximum Gasteiger partial charge on any atom is 0.263 e. The highest BCUT2D eigenvalue weighted by Crippen LogP contribution is 2.17. The highest BCUT2D eigenvalue weighted by molar-refractivity contribution is 9.10. The molecule has 2 rings (SSSR count). The van der Waals surface area contributed by atoms with Crippen LogP contribution in [0.25, 0.3) is 0 Å². The summed E-state index contributed by atoms with van der Waals surface area (Å²) in [6.45, 7) is 1.74. The molecule has 18 heavy (non-hydrogen) atoms. The maximum atomic E-state index is 12.1. The van der Waals surface area contributed by atoms with Gasteiger partial charge in [-0.05, 0) is 34.5 Å². The van der Waals surface area contributed by atoms with Crippen molar-refractivity contribution >= 4 is 31.8 Å². The zero-order valence-corrected chi connectivity index (χ0v) is 11.9. The second-order valence-corrected chi connectivity index (χ2v) is 6.06. The Kier molecular flexibility index (Phi) is 3.63. The molecule has 0 aliphatic rings. The van der Waals surface area contributed by atoms with Gasteiger partial charge in [0.15, 0.2) is 5.82 Å². The lowest BCUT2D eigenvalue weighted by atomic mass is 10.2. The number of aromatic nitrogens is 2. The standard InChI is InChI=1S/C11H10BrN3O2S/c1-8-4-2-3-5-9(8)18(16,17)15-11-7-13-10(12)6-14-11/h2-7H,1H3,(H,14,15). The van der Waals surface area contributed by atoms with Crippen molar-refractivity contribution in [2.45, 2.75) is 11.8 Å². The first kappa shape index (κ1) is 13.0. The predicted octanol–water partition coefficient (Wildman–Crippen LogP) is 2.35. The van der Waals surface area contributed by atoms with Crippen molar-refractivity contribution in [2.24, 2.45) is 0 Å². The molecular formula is C11H10BrN3O2S. The van der Waals surface area contributed by atoms with Crippen LogP contribution in [0.3, 0.4) is 0 Å². The second kappa shape index (κ2) is 5.03. The monoisotopic (exact) mass is 327 g/mol. The molecule has 0 aliphatic heterocycles. The van der Waals surface area contributed by atoms with Crippen LogP contribution < -0.4 is 4.72 Å². The van der Waals surface area contributed by atoms with Crippen LogP contribution in [0, 0.1) is 6.92 Å². The Morgan fingerprint density at radius 2 is 1.89 bits per heavy atom. The number of anilines is 1. The number of nitrogens with zero attached hydrogens (tertiary/aromatic N) is 2. The first-order chi connectivity index (χ1) is 8.49. The summed E-state index contributed by atoms with van der Waals surface area (Å²) in [6, 6.07) is 6.74. The summed E-state index contributed by atoms with van der Waals surface area (Å²) in [7, 11) is -3.62. The lowest BCUT2D eigenvalue weighted by molar-refractivity contribution is 0.600. The minimum atomic E-state index is -3.62. The topological polar surface area (TPSA) is 72.0 Å². The van der Waals surface area contributed by atoms with Gasteiger partial charge in [0.05, 0.1) is 17.3 Å². The molecule has 7 heteroatoms. The molecule has 1 aromatic carbocycles. The quantitative estimate of drug-likeness (QED) is 0.939. The molecule has 0 spiro atoms. The Balaban J connectivity index is 2.33. The molecule has 1 heterocycles. The van der Waals surface area contributed by atoms with Gasteiger partial charge in [0.1, 0.15) is 4.60 Å². The molecule has 5 nitrogen and oxygen atoms in total. The van der Waals surface area contributed by atoms with Gasteiger partial charge in [-0.25, -0.2) is 18.4 Å². The number of sulfonamides is 1. The molecule has 0 unspecified atom stereocenters. The first-order valence-electron chi connectivity index (χ1n) is 5.05. The van der Waals surface area contributed by atoms with Gasteiger partial charge in [0, 0.05) is 0 Å². The fourth-order valence-corrected chi connectivity index (χ4v) is 2.86. The van der Waals surface area contributed by atoms with Crippen LogP contribution in [0.4, 0.5) is 5.82 Å². The van der Waals surface area contributed by atoms with Crippen molar-refractivity contribution in [1.29, 1.82) is 0 Å². The Hall–Kier alpha value is -1.47. The average Bonchev–Trinajstić information content (AvgIpc) is 2.32. The smallest absolute Gasteiger partial charge is 0.262 e. The highest BCUT2D eigenvalue weighted by Gasteiger charge is 2.16. The summed E-state index contributed by atoms with van der Waals surface area (Å²) < 4.78 is 27.2. The summed E-state index contributed by atoms with van der Waals surface area (Å²) in [5, 5.41) is 0. The molecule has 2 aromatic rings. The average molecular weight is 328 g/mol. The molecule has 0 saturated carbocycles. The van der Waals surface area contributed by atoms with Gasteiger partial charge < -0.3 is 0 Å². The zero-order valence-electron chi connectivity index (χ0n) is 9.46. The second-order valence-electron chi connectivity index (χ2n) is 3.60. The van der Waals surface area contributed by atoms with Gasteiger partial charge in [-0.1, -0.05) is 18.2 Å². The van der Waals surface area contributed by atoms with Crippen LogP contribution in [0.5, 0.6) is 0 Å². The minimum absolute atomic E-state index is 0.182. The molecule has 1 aromatic heterocycles. The fraction of sp³-hybridized carbons (Fsp3) is 0.0909. The zero-order chi connectivity index (χ0) is 13.2. The van der Waals surface area contributed by atoms with Crippen LogP contribution in [-0.4, -0.2) is 18.4 Å². The summed E-state index contributed by atoms with van der Waals surface area (Å²) >= 11 is 3.13. The lowest BCUT2D eigenvalue weighted by Gasteiger charge is -2.08. The Morgan fingerprint density at radius 1 is 1.17 bits per heavy atom. The van der Waals surface area contributed by atoms with E-state index in [4.69, 9.17) is 0 Å². The fourth-order valence-electron chi connectivity index (χ4n) is 1.42. The molecule has 0 amide bonds. The SMILES string of the molecule is Cc1ccccc1S(=O)(=O)Nc1cnc(Br)cn1. The molecule has 1 N–H and O–H groups in total. The van der Waals surface area contributed by atoms with Gasteiger partial charge >= 0.3 is 0 Å². The lowest BCUT2D eigenvalue weighted by Crippen LogP contribution is -2.15. The maximum absolute atomic E-state index is 12.1. The van der Waals surface area contributed by atoms with Crippen LogP contribution in [0.15, 0.2) is 46.2 Å². The van der Waals surface area contributed by atoms with E-state index in [1.165, 1.54) is 12.4 Å². The van der Waals surface area contributed by atoms with Crippen LogP contribution in [0.2, 0.25) is 0 Å². The molecular weight excluding hydrogens is 318 g/mol. The third-order valence-corrected chi connectivity index (χ3v) is 4.17.